The van der Waals surface area contributed by atoms with E-state index in [2.05, 4.69) is 57.3 Å². The minimum atomic E-state index is 0.472. The van der Waals surface area contributed by atoms with Crippen molar-refractivity contribution in [3.8, 4) is 11.5 Å². The van der Waals surface area contributed by atoms with Crippen LogP contribution in [0.5, 0.6) is 11.5 Å². The van der Waals surface area contributed by atoms with Crippen LogP contribution in [0.4, 0.5) is 5.69 Å². The molecule has 0 amide bonds. The number of nitrogens with one attached hydrogen (secondary N) is 1. The Bertz CT molecular complexity index is 630. The minimum absolute atomic E-state index is 0.472. The van der Waals surface area contributed by atoms with Gasteiger partial charge in [0.1, 0.15) is 0 Å². The average Bonchev–Trinajstić information content (AvgIpc) is 2.50. The van der Waals surface area contributed by atoms with Crippen molar-refractivity contribution >= 4 is 5.69 Å². The van der Waals surface area contributed by atoms with Crippen molar-refractivity contribution < 1.29 is 9.47 Å². The molecule has 2 aromatic rings. The molecule has 0 spiro atoms. The molecular weight excluding hydrogens is 286 g/mol. The molecule has 2 aromatic carbocycles. The van der Waals surface area contributed by atoms with Crippen LogP contribution in [-0.4, -0.2) is 13.7 Å². The second-order valence-corrected chi connectivity index (χ2v) is 6.38. The maximum atomic E-state index is 5.99. The normalized spacial score (nSPS) is 10.7. The summed E-state index contributed by atoms with van der Waals surface area (Å²) < 4.78 is 11.4. The summed E-state index contributed by atoms with van der Waals surface area (Å²) in [6.07, 6.45) is 0. The van der Waals surface area contributed by atoms with Gasteiger partial charge in [-0.15, -0.1) is 0 Å². The number of rotatable bonds is 7. The van der Waals surface area contributed by atoms with Crippen LogP contribution in [0.3, 0.4) is 0 Å². The Hall–Kier alpha value is -2.16. The number of aryl methyl sites for hydroxylation is 2. The second-order valence-electron chi connectivity index (χ2n) is 6.38. The van der Waals surface area contributed by atoms with E-state index in [9.17, 15) is 0 Å². The zero-order valence-electron chi connectivity index (χ0n) is 14.8. The van der Waals surface area contributed by atoms with Gasteiger partial charge in [0.05, 0.1) is 13.7 Å². The van der Waals surface area contributed by atoms with Crippen molar-refractivity contribution in [1.29, 1.82) is 0 Å². The maximum Gasteiger partial charge on any atom is 0.166 e. The molecule has 0 aromatic heterocycles. The highest BCUT2D eigenvalue weighted by atomic mass is 16.5. The molecule has 0 atom stereocenters. The van der Waals surface area contributed by atoms with Gasteiger partial charge >= 0.3 is 0 Å². The molecular formula is C20H27NO2. The molecule has 0 heterocycles. The fourth-order valence-corrected chi connectivity index (χ4v) is 2.55. The third-order valence-corrected chi connectivity index (χ3v) is 3.55. The molecule has 124 valence electrons. The summed E-state index contributed by atoms with van der Waals surface area (Å²) in [7, 11) is 1.68. The summed E-state index contributed by atoms with van der Waals surface area (Å²) >= 11 is 0. The van der Waals surface area contributed by atoms with Crippen LogP contribution < -0.4 is 14.8 Å². The number of ether oxygens (including phenoxy) is 2. The Morgan fingerprint density at radius 3 is 2.35 bits per heavy atom. The van der Waals surface area contributed by atoms with Gasteiger partial charge in [0.15, 0.2) is 11.5 Å². The van der Waals surface area contributed by atoms with Crippen molar-refractivity contribution in [2.45, 2.75) is 34.2 Å². The summed E-state index contributed by atoms with van der Waals surface area (Å²) in [5.41, 5.74) is 4.74. The lowest BCUT2D eigenvalue weighted by Crippen LogP contribution is -2.09. The van der Waals surface area contributed by atoms with E-state index < -0.39 is 0 Å². The third-order valence-electron chi connectivity index (χ3n) is 3.55. The number of methoxy groups -OCH3 is 1. The van der Waals surface area contributed by atoms with E-state index in [4.69, 9.17) is 9.47 Å². The first-order chi connectivity index (χ1) is 11.0. The fraction of sp³-hybridized carbons (Fsp3) is 0.400. The molecule has 23 heavy (non-hydrogen) atoms. The molecule has 0 aliphatic rings. The van der Waals surface area contributed by atoms with Gasteiger partial charge in [-0.25, -0.2) is 0 Å². The molecule has 3 heteroatoms. The molecule has 0 fully saturated rings. The number of benzene rings is 2. The van der Waals surface area contributed by atoms with Crippen LogP contribution in [0.25, 0.3) is 0 Å². The van der Waals surface area contributed by atoms with Crippen molar-refractivity contribution in [2.75, 3.05) is 19.0 Å². The van der Waals surface area contributed by atoms with E-state index in [1.807, 2.05) is 12.1 Å². The molecule has 1 N–H and O–H groups in total. The second kappa shape index (κ2) is 7.91. The Kier molecular flexibility index (Phi) is 5.91. The molecule has 0 unspecified atom stereocenters. The molecule has 0 saturated heterocycles. The van der Waals surface area contributed by atoms with Crippen LogP contribution in [0, 0.1) is 19.8 Å². The molecule has 0 aliphatic carbocycles. The van der Waals surface area contributed by atoms with Crippen LogP contribution in [-0.2, 0) is 6.54 Å². The lowest BCUT2D eigenvalue weighted by molar-refractivity contribution is 0.254. The van der Waals surface area contributed by atoms with Crippen molar-refractivity contribution in [1.82, 2.24) is 0 Å². The van der Waals surface area contributed by atoms with Gasteiger partial charge in [-0.1, -0.05) is 32.0 Å². The summed E-state index contributed by atoms with van der Waals surface area (Å²) in [4.78, 5) is 0. The Morgan fingerprint density at radius 2 is 1.74 bits per heavy atom. The monoisotopic (exact) mass is 313 g/mol. The van der Waals surface area contributed by atoms with E-state index in [1.165, 1.54) is 11.1 Å². The topological polar surface area (TPSA) is 30.5 Å². The van der Waals surface area contributed by atoms with Gasteiger partial charge in [-0.2, -0.15) is 0 Å². The molecule has 0 aliphatic heterocycles. The van der Waals surface area contributed by atoms with E-state index in [0.29, 0.717) is 19.1 Å². The van der Waals surface area contributed by atoms with Crippen LogP contribution in [0.15, 0.2) is 36.4 Å². The maximum absolute atomic E-state index is 5.99. The van der Waals surface area contributed by atoms with Crippen molar-refractivity contribution in [3.05, 3.63) is 53.1 Å². The van der Waals surface area contributed by atoms with E-state index >= 15 is 0 Å². The highest BCUT2D eigenvalue weighted by molar-refractivity contribution is 5.52. The zero-order valence-corrected chi connectivity index (χ0v) is 14.8. The summed E-state index contributed by atoms with van der Waals surface area (Å²) in [6, 6.07) is 12.5. The minimum Gasteiger partial charge on any atom is -0.493 e. The summed E-state index contributed by atoms with van der Waals surface area (Å²) in [6.45, 7) is 9.89. The van der Waals surface area contributed by atoms with E-state index in [0.717, 1.165) is 22.7 Å². The fourth-order valence-electron chi connectivity index (χ4n) is 2.55. The van der Waals surface area contributed by atoms with Crippen LogP contribution in [0.2, 0.25) is 0 Å². The summed E-state index contributed by atoms with van der Waals surface area (Å²) in [5.74, 6) is 2.09. The summed E-state index contributed by atoms with van der Waals surface area (Å²) in [5, 5.41) is 3.49. The van der Waals surface area contributed by atoms with Gasteiger partial charge in [0.25, 0.3) is 0 Å². The van der Waals surface area contributed by atoms with E-state index in [1.54, 1.807) is 7.11 Å². The number of hydrogen-bond acceptors (Lipinski definition) is 3. The Morgan fingerprint density at radius 1 is 1.04 bits per heavy atom. The highest BCUT2D eigenvalue weighted by Crippen LogP contribution is 2.32. The Labute approximate surface area is 139 Å². The van der Waals surface area contributed by atoms with E-state index in [-0.39, 0.29) is 0 Å². The van der Waals surface area contributed by atoms with Gasteiger partial charge < -0.3 is 14.8 Å². The van der Waals surface area contributed by atoms with Gasteiger partial charge in [-0.3, -0.25) is 0 Å². The molecule has 3 nitrogen and oxygen atoms in total. The number of anilines is 1. The van der Waals surface area contributed by atoms with Crippen LogP contribution >= 0.6 is 0 Å². The lowest BCUT2D eigenvalue weighted by Gasteiger charge is -2.17. The number of para-hydroxylation sites is 1. The van der Waals surface area contributed by atoms with Gasteiger partial charge in [0, 0.05) is 17.8 Å². The smallest absolute Gasteiger partial charge is 0.166 e. The third kappa shape index (κ3) is 4.92. The van der Waals surface area contributed by atoms with Gasteiger partial charge in [-0.05, 0) is 49.1 Å². The zero-order chi connectivity index (χ0) is 16.8. The molecule has 0 saturated carbocycles. The van der Waals surface area contributed by atoms with Crippen molar-refractivity contribution in [2.24, 2.45) is 5.92 Å². The van der Waals surface area contributed by atoms with Crippen molar-refractivity contribution in [3.63, 3.8) is 0 Å². The predicted octanol–water partition coefficient (Wildman–Crippen LogP) is 4.96. The van der Waals surface area contributed by atoms with Gasteiger partial charge in [0.2, 0.25) is 0 Å². The molecule has 0 radical (unpaired) electrons. The highest BCUT2D eigenvalue weighted by Gasteiger charge is 2.11. The largest absolute Gasteiger partial charge is 0.493 e. The SMILES string of the molecule is COc1cccc(CNc2cc(C)cc(C)c2)c1OCC(C)C. The average molecular weight is 313 g/mol. The number of hydrogen-bond donors (Lipinski definition) is 1. The Balaban J connectivity index is 2.17. The quantitative estimate of drug-likeness (QED) is 0.783. The molecule has 0 bridgehead atoms. The first-order valence-corrected chi connectivity index (χ1v) is 8.10. The standard InChI is InChI=1S/C20H27NO2/c1-14(2)13-23-20-17(7-6-8-19(20)22-5)12-21-18-10-15(3)9-16(4)11-18/h6-11,14,21H,12-13H2,1-5H3. The first kappa shape index (κ1) is 17.2. The lowest BCUT2D eigenvalue weighted by atomic mass is 10.1. The predicted molar refractivity (Wildman–Crippen MR) is 96.6 cm³/mol. The first-order valence-electron chi connectivity index (χ1n) is 8.10. The van der Waals surface area contributed by atoms with Crippen LogP contribution in [0.1, 0.15) is 30.5 Å². The molecule has 2 rings (SSSR count).